The van der Waals surface area contributed by atoms with Crippen molar-refractivity contribution in [2.75, 3.05) is 13.7 Å². The summed E-state index contributed by atoms with van der Waals surface area (Å²) in [6.45, 7) is 2.98. The summed E-state index contributed by atoms with van der Waals surface area (Å²) in [6, 6.07) is 3.37. The first-order valence-electron chi connectivity index (χ1n) is 6.45. The van der Waals surface area contributed by atoms with Crippen LogP contribution in [-0.4, -0.2) is 38.0 Å². The lowest BCUT2D eigenvalue weighted by molar-refractivity contribution is -0.128. The topological polar surface area (TPSA) is 72.7 Å². The third-order valence-electron chi connectivity index (χ3n) is 3.22. The maximum atomic E-state index is 11.7. The third kappa shape index (κ3) is 3.48. The van der Waals surface area contributed by atoms with Crippen LogP contribution in [0, 0.1) is 0 Å². The molecule has 2 amide bonds. The van der Waals surface area contributed by atoms with Gasteiger partial charge in [0.15, 0.2) is 0 Å². The lowest BCUT2D eigenvalue weighted by atomic mass is 9.85. The zero-order valence-electron chi connectivity index (χ0n) is 11.2. The first-order valence-corrected chi connectivity index (χ1v) is 6.45. The van der Waals surface area contributed by atoms with Crippen LogP contribution in [0.4, 0.5) is 4.79 Å². The van der Waals surface area contributed by atoms with Crippen LogP contribution in [0.1, 0.15) is 19.1 Å². The molecule has 6 nitrogen and oxygen atoms in total. The molecule has 1 aliphatic carbocycles. The summed E-state index contributed by atoms with van der Waals surface area (Å²) in [4.78, 5) is 11.7. The Hall–Kier alpha value is -1.53. The number of rotatable bonds is 6. The van der Waals surface area contributed by atoms with E-state index >= 15 is 0 Å². The van der Waals surface area contributed by atoms with Crippen molar-refractivity contribution >= 4 is 6.03 Å². The molecule has 2 rings (SSSR count). The van der Waals surface area contributed by atoms with Crippen molar-refractivity contribution in [1.29, 1.82) is 0 Å². The van der Waals surface area contributed by atoms with Gasteiger partial charge in [-0.1, -0.05) is 0 Å². The van der Waals surface area contributed by atoms with Crippen molar-refractivity contribution in [2.24, 2.45) is 0 Å². The highest BCUT2D eigenvalue weighted by Gasteiger charge is 2.42. The summed E-state index contributed by atoms with van der Waals surface area (Å²) >= 11 is 0. The van der Waals surface area contributed by atoms with Gasteiger partial charge in [0.05, 0.1) is 25.0 Å². The molecule has 1 saturated carbocycles. The van der Waals surface area contributed by atoms with E-state index in [0.29, 0.717) is 13.2 Å². The number of amides is 2. The molecule has 6 heteroatoms. The number of carbonyl (C=O) groups is 1. The summed E-state index contributed by atoms with van der Waals surface area (Å²) in [6.07, 6.45) is 2.36. The first-order chi connectivity index (χ1) is 9.24. The fourth-order valence-electron chi connectivity index (χ4n) is 2.22. The molecular formula is C13H20N2O4. The summed E-state index contributed by atoms with van der Waals surface area (Å²) in [7, 11) is 1.63. The van der Waals surface area contributed by atoms with Crippen molar-refractivity contribution in [3.05, 3.63) is 24.2 Å². The van der Waals surface area contributed by atoms with Gasteiger partial charge in [0.1, 0.15) is 11.9 Å². The fourth-order valence-corrected chi connectivity index (χ4v) is 2.22. The number of hydrogen-bond donors (Lipinski definition) is 2. The molecule has 2 N–H and O–H groups in total. The van der Waals surface area contributed by atoms with Crippen LogP contribution in [0.2, 0.25) is 0 Å². The Morgan fingerprint density at radius 3 is 3.05 bits per heavy atom. The predicted octanol–water partition coefficient (Wildman–Crippen LogP) is 1.27. The first kappa shape index (κ1) is 13.9. The van der Waals surface area contributed by atoms with Crippen LogP contribution in [0.5, 0.6) is 0 Å². The minimum Gasteiger partial charge on any atom is -0.467 e. The summed E-state index contributed by atoms with van der Waals surface area (Å²) in [5, 5.41) is 5.61. The van der Waals surface area contributed by atoms with Gasteiger partial charge in [0.25, 0.3) is 0 Å². The molecular weight excluding hydrogens is 248 g/mol. The second-order valence-corrected chi connectivity index (χ2v) is 4.44. The van der Waals surface area contributed by atoms with Crippen LogP contribution in [0.3, 0.4) is 0 Å². The van der Waals surface area contributed by atoms with Gasteiger partial charge in [-0.15, -0.1) is 0 Å². The highest BCUT2D eigenvalue weighted by Crippen LogP contribution is 2.26. The minimum atomic E-state index is -0.224. The van der Waals surface area contributed by atoms with Gasteiger partial charge < -0.3 is 24.5 Å². The molecule has 3 atom stereocenters. The molecule has 19 heavy (non-hydrogen) atoms. The Balaban J connectivity index is 1.71. The molecule has 0 unspecified atom stereocenters. The third-order valence-corrected chi connectivity index (χ3v) is 3.22. The second kappa shape index (κ2) is 6.58. The van der Waals surface area contributed by atoms with Crippen LogP contribution < -0.4 is 10.6 Å². The molecule has 1 aromatic rings. The molecule has 106 valence electrons. The van der Waals surface area contributed by atoms with E-state index in [4.69, 9.17) is 13.9 Å². The van der Waals surface area contributed by atoms with Crippen molar-refractivity contribution in [3.8, 4) is 0 Å². The SMILES string of the molecule is CCO[C@@H]1C[C@H](NC(=O)NCc2ccco2)[C@@H]1OC. The fraction of sp³-hybridized carbons (Fsp3) is 0.615. The number of hydrogen-bond acceptors (Lipinski definition) is 4. The van der Waals surface area contributed by atoms with Gasteiger partial charge in [-0.05, 0) is 25.5 Å². The van der Waals surface area contributed by atoms with Crippen LogP contribution in [0.25, 0.3) is 0 Å². The number of urea groups is 1. The zero-order valence-corrected chi connectivity index (χ0v) is 11.2. The smallest absolute Gasteiger partial charge is 0.315 e. The zero-order chi connectivity index (χ0) is 13.7. The monoisotopic (exact) mass is 268 g/mol. The van der Waals surface area contributed by atoms with Crippen LogP contribution in [0.15, 0.2) is 22.8 Å². The molecule has 1 fully saturated rings. The molecule has 0 radical (unpaired) electrons. The maximum absolute atomic E-state index is 11.7. The number of carbonyl (C=O) groups excluding carboxylic acids is 1. The van der Waals surface area contributed by atoms with Gasteiger partial charge in [-0.3, -0.25) is 0 Å². The molecule has 1 aromatic heterocycles. The Morgan fingerprint density at radius 2 is 2.42 bits per heavy atom. The Kier molecular flexibility index (Phi) is 4.81. The van der Waals surface area contributed by atoms with Crippen molar-refractivity contribution in [3.63, 3.8) is 0 Å². The average Bonchev–Trinajstić information content (AvgIpc) is 2.88. The molecule has 1 aliphatic rings. The van der Waals surface area contributed by atoms with Crippen molar-refractivity contribution in [2.45, 2.75) is 38.1 Å². The molecule has 0 aliphatic heterocycles. The highest BCUT2D eigenvalue weighted by atomic mass is 16.5. The molecule has 0 aromatic carbocycles. The lowest BCUT2D eigenvalue weighted by Gasteiger charge is -2.43. The Labute approximate surface area is 112 Å². The van der Waals surface area contributed by atoms with E-state index < -0.39 is 0 Å². The number of nitrogens with one attached hydrogen (secondary N) is 2. The van der Waals surface area contributed by atoms with Gasteiger partial charge in [0.2, 0.25) is 0 Å². The minimum absolute atomic E-state index is 0.00171. The van der Waals surface area contributed by atoms with Gasteiger partial charge in [-0.2, -0.15) is 0 Å². The second-order valence-electron chi connectivity index (χ2n) is 4.44. The summed E-state index contributed by atoms with van der Waals surface area (Å²) in [5.74, 6) is 0.722. The highest BCUT2D eigenvalue weighted by molar-refractivity contribution is 5.74. The standard InChI is InChI=1S/C13H20N2O4/c1-3-18-11-7-10(12(11)17-2)15-13(16)14-8-9-5-4-6-19-9/h4-6,10-12H,3,7-8H2,1-2H3,(H2,14,15,16)/t10-,11+,12-/m0/s1. The summed E-state index contributed by atoms with van der Waals surface area (Å²) in [5.41, 5.74) is 0. The summed E-state index contributed by atoms with van der Waals surface area (Å²) < 4.78 is 16.0. The molecule has 1 heterocycles. The predicted molar refractivity (Wildman–Crippen MR) is 68.7 cm³/mol. The normalized spacial score (nSPS) is 25.7. The maximum Gasteiger partial charge on any atom is 0.315 e. The number of methoxy groups -OCH3 is 1. The average molecular weight is 268 g/mol. The van der Waals surface area contributed by atoms with E-state index in [1.807, 2.05) is 13.0 Å². The largest absolute Gasteiger partial charge is 0.467 e. The van der Waals surface area contributed by atoms with Gasteiger partial charge in [0, 0.05) is 13.7 Å². The van der Waals surface area contributed by atoms with E-state index in [0.717, 1.165) is 12.2 Å². The Bertz CT molecular complexity index is 393. The quantitative estimate of drug-likeness (QED) is 0.815. The van der Waals surface area contributed by atoms with E-state index in [1.165, 1.54) is 0 Å². The Morgan fingerprint density at radius 1 is 1.58 bits per heavy atom. The van der Waals surface area contributed by atoms with Crippen molar-refractivity contribution < 1.29 is 18.7 Å². The van der Waals surface area contributed by atoms with E-state index in [9.17, 15) is 4.79 Å². The molecule has 0 bridgehead atoms. The van der Waals surface area contributed by atoms with E-state index in [1.54, 1.807) is 19.4 Å². The van der Waals surface area contributed by atoms with Gasteiger partial charge >= 0.3 is 6.03 Å². The lowest BCUT2D eigenvalue weighted by Crippen LogP contribution is -2.62. The van der Waals surface area contributed by atoms with E-state index in [2.05, 4.69) is 10.6 Å². The number of furan rings is 1. The van der Waals surface area contributed by atoms with E-state index in [-0.39, 0.29) is 24.3 Å². The van der Waals surface area contributed by atoms with Crippen molar-refractivity contribution in [1.82, 2.24) is 10.6 Å². The molecule has 0 saturated heterocycles. The molecule has 0 spiro atoms. The van der Waals surface area contributed by atoms with Gasteiger partial charge in [-0.25, -0.2) is 4.79 Å². The van der Waals surface area contributed by atoms with Crippen LogP contribution in [-0.2, 0) is 16.0 Å². The van der Waals surface area contributed by atoms with Crippen LogP contribution >= 0.6 is 0 Å². The number of ether oxygens (including phenoxy) is 2.